The lowest BCUT2D eigenvalue weighted by molar-refractivity contribution is 0.797. The molecule has 0 atom stereocenters. The minimum Gasteiger partial charge on any atom is -0.381 e. The molecule has 0 aliphatic carbocycles. The lowest BCUT2D eigenvalue weighted by Gasteiger charge is -2.09. The van der Waals surface area contributed by atoms with Crippen LogP contribution in [0.2, 0.25) is 0 Å². The Morgan fingerprint density at radius 1 is 1.10 bits per heavy atom. The smallest absolute Gasteiger partial charge is 0.0949 e. The monoisotopic (exact) mass is 342 g/mol. The molecule has 21 heavy (non-hydrogen) atoms. The van der Waals surface area contributed by atoms with Crippen LogP contribution in [0.1, 0.15) is 11.1 Å². The van der Waals surface area contributed by atoms with Crippen LogP contribution in [0.5, 0.6) is 0 Å². The summed E-state index contributed by atoms with van der Waals surface area (Å²) >= 11 is 3.43. The standard InChI is InChI=1S/C16H15BrN4/c17-15-6-14(8-19-10-15)9-20-16-3-1-2-13(7-16)11-21-5-4-18-12-21/h1-8,10,12,20H,9,11H2. The molecule has 3 rings (SSSR count). The van der Waals surface area contributed by atoms with Crippen LogP contribution < -0.4 is 5.32 Å². The summed E-state index contributed by atoms with van der Waals surface area (Å²) in [6.45, 7) is 1.58. The molecule has 1 aromatic carbocycles. The van der Waals surface area contributed by atoms with Crippen molar-refractivity contribution in [3.05, 3.63) is 77.0 Å². The summed E-state index contributed by atoms with van der Waals surface area (Å²) in [5.41, 5.74) is 3.49. The molecule has 2 aromatic heterocycles. The van der Waals surface area contributed by atoms with Crippen LogP contribution >= 0.6 is 15.9 Å². The van der Waals surface area contributed by atoms with Gasteiger partial charge in [0.1, 0.15) is 0 Å². The third-order valence-corrected chi connectivity index (χ3v) is 3.54. The van der Waals surface area contributed by atoms with Crippen molar-refractivity contribution in [1.82, 2.24) is 14.5 Å². The van der Waals surface area contributed by atoms with Crippen LogP contribution in [0.3, 0.4) is 0 Å². The zero-order chi connectivity index (χ0) is 14.5. The highest BCUT2D eigenvalue weighted by Gasteiger charge is 1.99. The number of rotatable bonds is 5. The zero-order valence-corrected chi connectivity index (χ0v) is 13.0. The quantitative estimate of drug-likeness (QED) is 0.768. The maximum Gasteiger partial charge on any atom is 0.0949 e. The van der Waals surface area contributed by atoms with E-state index in [9.17, 15) is 0 Å². The van der Waals surface area contributed by atoms with Crippen molar-refractivity contribution >= 4 is 21.6 Å². The molecule has 3 aromatic rings. The fraction of sp³-hybridized carbons (Fsp3) is 0.125. The second-order valence-electron chi connectivity index (χ2n) is 4.80. The van der Waals surface area contributed by atoms with Gasteiger partial charge in [0.2, 0.25) is 0 Å². The van der Waals surface area contributed by atoms with Crippen LogP contribution in [0.4, 0.5) is 5.69 Å². The number of pyridine rings is 1. The molecule has 5 heteroatoms. The number of nitrogens with zero attached hydrogens (tertiary/aromatic N) is 3. The first-order valence-corrected chi connectivity index (χ1v) is 7.47. The number of anilines is 1. The molecule has 2 heterocycles. The number of halogens is 1. The largest absolute Gasteiger partial charge is 0.381 e. The van der Waals surface area contributed by atoms with E-state index in [4.69, 9.17) is 0 Å². The van der Waals surface area contributed by atoms with Gasteiger partial charge >= 0.3 is 0 Å². The molecule has 1 N–H and O–H groups in total. The van der Waals surface area contributed by atoms with Crippen molar-refractivity contribution in [3.63, 3.8) is 0 Å². The molecule has 0 radical (unpaired) electrons. The Morgan fingerprint density at radius 3 is 2.86 bits per heavy atom. The van der Waals surface area contributed by atoms with Crippen LogP contribution in [0.25, 0.3) is 0 Å². The van der Waals surface area contributed by atoms with Gasteiger partial charge in [-0.05, 0) is 45.3 Å². The van der Waals surface area contributed by atoms with E-state index >= 15 is 0 Å². The molecule has 0 aliphatic rings. The Kier molecular flexibility index (Phi) is 4.31. The van der Waals surface area contributed by atoms with E-state index in [2.05, 4.69) is 66.1 Å². The summed E-state index contributed by atoms with van der Waals surface area (Å²) in [5, 5.41) is 3.42. The second kappa shape index (κ2) is 6.54. The lowest BCUT2D eigenvalue weighted by atomic mass is 10.2. The summed E-state index contributed by atoms with van der Waals surface area (Å²) in [4.78, 5) is 8.23. The number of imidazole rings is 1. The Balaban J connectivity index is 1.66. The average molecular weight is 343 g/mol. The van der Waals surface area contributed by atoms with Crippen molar-refractivity contribution in [2.24, 2.45) is 0 Å². The molecule has 0 saturated heterocycles. The first kappa shape index (κ1) is 13.8. The molecule has 0 spiro atoms. The molecule has 106 valence electrons. The van der Waals surface area contributed by atoms with Crippen molar-refractivity contribution in [1.29, 1.82) is 0 Å². The topological polar surface area (TPSA) is 42.7 Å². The minimum atomic E-state index is 0.751. The predicted octanol–water partition coefficient (Wildman–Crippen LogP) is 3.70. The number of aromatic nitrogens is 3. The van der Waals surface area contributed by atoms with Crippen molar-refractivity contribution in [3.8, 4) is 0 Å². The fourth-order valence-electron chi connectivity index (χ4n) is 2.13. The molecule has 0 saturated carbocycles. The van der Waals surface area contributed by atoms with Crippen LogP contribution in [0, 0.1) is 0 Å². The van der Waals surface area contributed by atoms with Crippen LogP contribution in [-0.4, -0.2) is 14.5 Å². The first-order valence-electron chi connectivity index (χ1n) is 6.67. The summed E-state index contributed by atoms with van der Waals surface area (Å²) in [6.07, 6.45) is 9.24. The van der Waals surface area contributed by atoms with Gasteiger partial charge in [-0.2, -0.15) is 0 Å². The Labute approximate surface area is 132 Å². The van der Waals surface area contributed by atoms with Crippen molar-refractivity contribution in [2.45, 2.75) is 13.1 Å². The third kappa shape index (κ3) is 3.92. The summed E-state index contributed by atoms with van der Waals surface area (Å²) in [5.74, 6) is 0. The van der Waals surface area contributed by atoms with Gasteiger partial charge in [-0.1, -0.05) is 12.1 Å². The summed E-state index contributed by atoms with van der Waals surface area (Å²) < 4.78 is 3.05. The summed E-state index contributed by atoms with van der Waals surface area (Å²) in [7, 11) is 0. The highest BCUT2D eigenvalue weighted by atomic mass is 79.9. The molecular weight excluding hydrogens is 328 g/mol. The van der Waals surface area contributed by atoms with Gasteiger partial charge in [0.15, 0.2) is 0 Å². The SMILES string of the molecule is Brc1cncc(CNc2cccc(Cn3ccnc3)c2)c1. The predicted molar refractivity (Wildman–Crippen MR) is 87.0 cm³/mol. The maximum absolute atomic E-state index is 4.17. The maximum atomic E-state index is 4.17. The van der Waals surface area contributed by atoms with Gasteiger partial charge in [0.05, 0.1) is 6.33 Å². The average Bonchev–Trinajstić information content (AvgIpc) is 2.99. The molecular formula is C16H15BrN4. The van der Waals surface area contributed by atoms with E-state index in [1.165, 1.54) is 5.56 Å². The van der Waals surface area contributed by atoms with E-state index in [1.807, 2.05) is 18.7 Å². The van der Waals surface area contributed by atoms with E-state index in [0.29, 0.717) is 0 Å². The van der Waals surface area contributed by atoms with Crippen LogP contribution in [-0.2, 0) is 13.1 Å². The summed E-state index contributed by atoms with van der Waals surface area (Å²) in [6, 6.07) is 10.5. The highest BCUT2D eigenvalue weighted by Crippen LogP contribution is 2.15. The van der Waals surface area contributed by atoms with Gasteiger partial charge in [-0.3, -0.25) is 4.98 Å². The Morgan fingerprint density at radius 2 is 2.05 bits per heavy atom. The molecule has 4 nitrogen and oxygen atoms in total. The van der Waals surface area contributed by atoms with E-state index in [-0.39, 0.29) is 0 Å². The number of benzene rings is 1. The van der Waals surface area contributed by atoms with E-state index in [1.54, 1.807) is 12.4 Å². The minimum absolute atomic E-state index is 0.751. The number of nitrogens with one attached hydrogen (secondary N) is 1. The second-order valence-corrected chi connectivity index (χ2v) is 5.72. The van der Waals surface area contributed by atoms with Gasteiger partial charge < -0.3 is 9.88 Å². The fourth-order valence-corrected chi connectivity index (χ4v) is 2.54. The first-order chi connectivity index (χ1) is 10.3. The van der Waals surface area contributed by atoms with E-state index < -0.39 is 0 Å². The van der Waals surface area contributed by atoms with Gasteiger partial charge in [0.25, 0.3) is 0 Å². The Bertz CT molecular complexity index is 710. The number of hydrogen-bond donors (Lipinski definition) is 1. The normalized spacial score (nSPS) is 10.5. The molecule has 0 fully saturated rings. The third-order valence-electron chi connectivity index (χ3n) is 3.11. The molecule has 0 amide bonds. The van der Waals surface area contributed by atoms with Crippen molar-refractivity contribution < 1.29 is 0 Å². The lowest BCUT2D eigenvalue weighted by Crippen LogP contribution is -2.01. The van der Waals surface area contributed by atoms with Crippen LogP contribution in [0.15, 0.2) is 65.9 Å². The van der Waals surface area contributed by atoms with Crippen molar-refractivity contribution in [2.75, 3.05) is 5.32 Å². The zero-order valence-electron chi connectivity index (χ0n) is 11.4. The molecule has 0 bridgehead atoms. The van der Waals surface area contributed by atoms with E-state index in [0.717, 1.165) is 28.8 Å². The highest BCUT2D eigenvalue weighted by molar-refractivity contribution is 9.10. The Hall–Kier alpha value is -2.14. The van der Waals surface area contributed by atoms with Gasteiger partial charge in [-0.15, -0.1) is 0 Å². The van der Waals surface area contributed by atoms with Gasteiger partial charge in [0, 0.05) is 48.0 Å². The molecule has 0 aliphatic heterocycles. The van der Waals surface area contributed by atoms with Gasteiger partial charge in [-0.25, -0.2) is 4.98 Å². The molecule has 0 unspecified atom stereocenters. The number of hydrogen-bond acceptors (Lipinski definition) is 3.